The number of benzene rings is 1. The summed E-state index contributed by atoms with van der Waals surface area (Å²) in [6.45, 7) is 0.409. The number of thiophene rings is 1. The Balaban J connectivity index is 1.59. The smallest absolute Gasteiger partial charge is 0.250 e. The maximum atomic E-state index is 12.4. The molecule has 0 radical (unpaired) electrons. The molecule has 23 heavy (non-hydrogen) atoms. The average molecular weight is 367 g/mol. The third kappa shape index (κ3) is 2.70. The summed E-state index contributed by atoms with van der Waals surface area (Å²) in [5, 5.41) is 1.17. The van der Waals surface area contributed by atoms with E-state index in [4.69, 9.17) is 11.6 Å². The Kier molecular flexibility index (Phi) is 3.53. The quantitative estimate of drug-likeness (QED) is 0.719. The lowest BCUT2D eigenvalue weighted by Gasteiger charge is -2.15. The van der Waals surface area contributed by atoms with E-state index in [9.17, 15) is 8.42 Å². The molecule has 1 fully saturated rings. The van der Waals surface area contributed by atoms with E-state index < -0.39 is 10.0 Å². The van der Waals surface area contributed by atoms with E-state index in [0.29, 0.717) is 10.9 Å². The van der Waals surface area contributed by atoms with E-state index in [1.54, 1.807) is 12.1 Å². The van der Waals surface area contributed by atoms with Crippen LogP contribution in [0.5, 0.6) is 0 Å². The monoisotopic (exact) mass is 366 g/mol. The molecule has 2 N–H and O–H groups in total. The highest BCUT2D eigenvalue weighted by molar-refractivity contribution is 7.91. The van der Waals surface area contributed by atoms with Crippen LogP contribution in [0.3, 0.4) is 0 Å². The second-order valence-corrected chi connectivity index (χ2v) is 9.62. The SMILES string of the molecule is O=S(=O)(NCC1(c2c[nH]c3ccccc23)CC1)c1ccc(Cl)s1. The summed E-state index contributed by atoms with van der Waals surface area (Å²) >= 11 is 6.91. The summed E-state index contributed by atoms with van der Waals surface area (Å²) in [6.07, 6.45) is 3.99. The van der Waals surface area contributed by atoms with E-state index in [1.165, 1.54) is 10.9 Å². The molecule has 0 spiro atoms. The molecule has 1 aliphatic rings. The molecule has 1 aliphatic carbocycles. The largest absolute Gasteiger partial charge is 0.361 e. The fourth-order valence-electron chi connectivity index (χ4n) is 2.95. The molecule has 2 aromatic heterocycles. The lowest BCUT2D eigenvalue weighted by Crippen LogP contribution is -2.31. The van der Waals surface area contributed by atoms with Crippen molar-refractivity contribution in [2.45, 2.75) is 22.5 Å². The van der Waals surface area contributed by atoms with Crippen LogP contribution < -0.4 is 4.72 Å². The van der Waals surface area contributed by atoms with E-state index >= 15 is 0 Å². The van der Waals surface area contributed by atoms with Crippen LogP contribution in [-0.2, 0) is 15.4 Å². The zero-order chi connectivity index (χ0) is 16.1. The van der Waals surface area contributed by atoms with Gasteiger partial charge >= 0.3 is 0 Å². The number of nitrogens with one attached hydrogen (secondary N) is 2. The highest BCUT2D eigenvalue weighted by atomic mass is 35.5. The predicted octanol–water partition coefficient (Wildman–Crippen LogP) is 3.89. The Morgan fingerprint density at radius 3 is 2.70 bits per heavy atom. The molecule has 3 aromatic rings. The first-order valence-electron chi connectivity index (χ1n) is 7.32. The van der Waals surface area contributed by atoms with Gasteiger partial charge in [0.2, 0.25) is 10.0 Å². The van der Waals surface area contributed by atoms with Crippen LogP contribution in [0, 0.1) is 0 Å². The number of sulfonamides is 1. The molecule has 0 bridgehead atoms. The summed E-state index contributed by atoms with van der Waals surface area (Å²) < 4.78 is 28.3. The summed E-state index contributed by atoms with van der Waals surface area (Å²) in [7, 11) is -3.50. The molecule has 1 aromatic carbocycles. The maximum absolute atomic E-state index is 12.4. The molecule has 0 aliphatic heterocycles. The van der Waals surface area contributed by atoms with Gasteiger partial charge in [0, 0.05) is 29.1 Å². The molecular formula is C16H15ClN2O2S2. The zero-order valence-corrected chi connectivity index (χ0v) is 14.6. The standard InChI is InChI=1S/C16H15ClN2O2S2/c17-14-5-6-15(22-14)23(20,21)19-10-16(7-8-16)12-9-18-13-4-2-1-3-11(12)13/h1-6,9,18-19H,7-8,10H2. The Labute approximate surface area is 143 Å². The fraction of sp³-hybridized carbons (Fsp3) is 0.250. The topological polar surface area (TPSA) is 62.0 Å². The van der Waals surface area contributed by atoms with Gasteiger partial charge in [-0.25, -0.2) is 13.1 Å². The van der Waals surface area contributed by atoms with E-state index in [0.717, 1.165) is 29.7 Å². The number of fused-ring (bicyclic) bond motifs is 1. The number of hydrogen-bond donors (Lipinski definition) is 2. The summed E-state index contributed by atoms with van der Waals surface area (Å²) in [5.41, 5.74) is 2.18. The first kappa shape index (κ1) is 15.2. The molecule has 7 heteroatoms. The van der Waals surface area contributed by atoms with Crippen LogP contribution in [0.1, 0.15) is 18.4 Å². The fourth-order valence-corrected chi connectivity index (χ4v) is 5.60. The number of halogens is 1. The zero-order valence-electron chi connectivity index (χ0n) is 12.2. The van der Waals surface area contributed by atoms with E-state index in [1.807, 2.05) is 24.4 Å². The second-order valence-electron chi connectivity index (χ2n) is 5.91. The number of para-hydroxylation sites is 1. The van der Waals surface area contributed by atoms with Crippen LogP contribution in [0.15, 0.2) is 46.8 Å². The third-order valence-corrected chi connectivity index (χ3v) is 7.55. The maximum Gasteiger partial charge on any atom is 0.250 e. The lowest BCUT2D eigenvalue weighted by atomic mass is 9.96. The Bertz CT molecular complexity index is 971. The van der Waals surface area contributed by atoms with Crippen molar-refractivity contribution in [1.29, 1.82) is 0 Å². The normalized spacial score (nSPS) is 16.7. The van der Waals surface area contributed by atoms with Crippen molar-refractivity contribution in [3.63, 3.8) is 0 Å². The summed E-state index contributed by atoms with van der Waals surface area (Å²) in [5.74, 6) is 0. The molecule has 0 unspecified atom stereocenters. The van der Waals surface area contributed by atoms with Gasteiger partial charge in [0.15, 0.2) is 0 Å². The number of aromatic nitrogens is 1. The minimum atomic E-state index is -3.50. The van der Waals surface area contributed by atoms with Gasteiger partial charge in [0.05, 0.1) is 4.34 Å². The number of aromatic amines is 1. The number of H-pyrrole nitrogens is 1. The molecule has 4 nitrogen and oxygen atoms in total. The third-order valence-electron chi connectivity index (χ3n) is 4.43. The van der Waals surface area contributed by atoms with Gasteiger partial charge in [-0.15, -0.1) is 11.3 Å². The molecule has 4 rings (SSSR count). The first-order valence-corrected chi connectivity index (χ1v) is 10.00. The average Bonchev–Trinajstić information content (AvgIpc) is 2.98. The van der Waals surface area contributed by atoms with E-state index in [-0.39, 0.29) is 9.62 Å². The van der Waals surface area contributed by atoms with Crippen LogP contribution in [-0.4, -0.2) is 19.9 Å². The minimum Gasteiger partial charge on any atom is -0.361 e. The molecule has 2 heterocycles. The highest BCUT2D eigenvalue weighted by Crippen LogP contribution is 2.50. The van der Waals surface area contributed by atoms with Crippen LogP contribution in [0.2, 0.25) is 4.34 Å². The van der Waals surface area contributed by atoms with Crippen molar-refractivity contribution in [2.75, 3.05) is 6.54 Å². The predicted molar refractivity (Wildman–Crippen MR) is 93.7 cm³/mol. The van der Waals surface area contributed by atoms with Gasteiger partial charge in [-0.2, -0.15) is 0 Å². The number of hydrogen-bond acceptors (Lipinski definition) is 3. The van der Waals surface area contributed by atoms with Gasteiger partial charge in [-0.05, 0) is 36.6 Å². The molecule has 120 valence electrons. The van der Waals surface area contributed by atoms with Crippen molar-refractivity contribution in [1.82, 2.24) is 9.71 Å². The van der Waals surface area contributed by atoms with Crippen molar-refractivity contribution in [2.24, 2.45) is 0 Å². The molecule has 1 saturated carbocycles. The van der Waals surface area contributed by atoms with Gasteiger partial charge < -0.3 is 4.98 Å². The van der Waals surface area contributed by atoms with Gasteiger partial charge in [-0.1, -0.05) is 29.8 Å². The Morgan fingerprint density at radius 1 is 1.22 bits per heavy atom. The summed E-state index contributed by atoms with van der Waals surface area (Å²) in [4.78, 5) is 3.27. The van der Waals surface area contributed by atoms with Gasteiger partial charge in [0.25, 0.3) is 0 Å². The molecule has 0 saturated heterocycles. The van der Waals surface area contributed by atoms with Crippen molar-refractivity contribution >= 4 is 43.9 Å². The van der Waals surface area contributed by atoms with Crippen LogP contribution >= 0.6 is 22.9 Å². The van der Waals surface area contributed by atoms with Gasteiger partial charge in [-0.3, -0.25) is 0 Å². The Hall–Kier alpha value is -1.34. The first-order chi connectivity index (χ1) is 11.0. The summed E-state index contributed by atoms with van der Waals surface area (Å²) in [6, 6.07) is 11.3. The number of rotatable bonds is 5. The van der Waals surface area contributed by atoms with Crippen molar-refractivity contribution in [3.05, 3.63) is 52.5 Å². The molecular weight excluding hydrogens is 352 g/mol. The van der Waals surface area contributed by atoms with Gasteiger partial charge in [0.1, 0.15) is 4.21 Å². The minimum absolute atomic E-state index is 0.103. The lowest BCUT2D eigenvalue weighted by molar-refractivity contribution is 0.569. The molecule has 0 amide bonds. The van der Waals surface area contributed by atoms with Crippen molar-refractivity contribution in [3.8, 4) is 0 Å². The van der Waals surface area contributed by atoms with E-state index in [2.05, 4.69) is 15.8 Å². The molecule has 0 atom stereocenters. The van der Waals surface area contributed by atoms with Crippen LogP contribution in [0.4, 0.5) is 0 Å². The van der Waals surface area contributed by atoms with Crippen LogP contribution in [0.25, 0.3) is 10.9 Å². The van der Waals surface area contributed by atoms with Crippen molar-refractivity contribution < 1.29 is 8.42 Å². The highest BCUT2D eigenvalue weighted by Gasteiger charge is 2.46. The Morgan fingerprint density at radius 2 is 2.00 bits per heavy atom. The second kappa shape index (κ2) is 5.34.